The van der Waals surface area contributed by atoms with Crippen LogP contribution in [0.5, 0.6) is 0 Å². The molecule has 2 aromatic rings. The van der Waals surface area contributed by atoms with Crippen LogP contribution in [0.4, 0.5) is 0 Å². The molecule has 0 saturated heterocycles. The fourth-order valence-electron chi connectivity index (χ4n) is 1.99. The molecule has 1 heterocycles. The van der Waals surface area contributed by atoms with Crippen molar-refractivity contribution in [2.75, 3.05) is 19.8 Å². The van der Waals surface area contributed by atoms with E-state index in [0.29, 0.717) is 0 Å². The highest BCUT2D eigenvalue weighted by Gasteiger charge is 1.97. The molecule has 0 aliphatic rings. The van der Waals surface area contributed by atoms with Crippen molar-refractivity contribution in [2.24, 2.45) is 0 Å². The standard InChI is InChI=1S/C15H22N2O/c1-2-9-18-10-3-7-16-12-13-4-5-15-14(11-13)6-8-17-15/h4-6,8,11,16-17H,2-3,7,9-10,12H2,1H3. The Hall–Kier alpha value is -1.32. The van der Waals surface area contributed by atoms with Crippen LogP contribution in [0.15, 0.2) is 30.5 Å². The normalized spacial score (nSPS) is 11.2. The van der Waals surface area contributed by atoms with Crippen LogP contribution in [0.1, 0.15) is 25.3 Å². The first-order valence-electron chi connectivity index (χ1n) is 6.74. The molecular formula is C15H22N2O. The lowest BCUT2D eigenvalue weighted by Crippen LogP contribution is -2.16. The van der Waals surface area contributed by atoms with E-state index in [9.17, 15) is 0 Å². The zero-order chi connectivity index (χ0) is 12.6. The van der Waals surface area contributed by atoms with Gasteiger partial charge in [-0.2, -0.15) is 0 Å². The van der Waals surface area contributed by atoms with Crippen molar-refractivity contribution in [3.8, 4) is 0 Å². The van der Waals surface area contributed by atoms with E-state index in [1.807, 2.05) is 6.20 Å². The first-order valence-corrected chi connectivity index (χ1v) is 6.74. The summed E-state index contributed by atoms with van der Waals surface area (Å²) in [7, 11) is 0. The second-order valence-electron chi connectivity index (χ2n) is 4.54. The van der Waals surface area contributed by atoms with Crippen LogP contribution in [0.25, 0.3) is 10.9 Å². The molecule has 0 radical (unpaired) electrons. The molecule has 0 unspecified atom stereocenters. The van der Waals surface area contributed by atoms with Crippen molar-refractivity contribution < 1.29 is 4.74 Å². The zero-order valence-corrected chi connectivity index (χ0v) is 11.0. The van der Waals surface area contributed by atoms with Crippen molar-refractivity contribution in [1.82, 2.24) is 10.3 Å². The van der Waals surface area contributed by atoms with Crippen LogP contribution in [-0.4, -0.2) is 24.7 Å². The summed E-state index contributed by atoms with van der Waals surface area (Å²) in [6.45, 7) is 5.81. The van der Waals surface area contributed by atoms with Gasteiger partial charge in [-0.1, -0.05) is 13.0 Å². The minimum Gasteiger partial charge on any atom is -0.381 e. The van der Waals surface area contributed by atoms with Gasteiger partial charge in [0, 0.05) is 31.5 Å². The first-order chi connectivity index (χ1) is 8.90. The molecule has 1 aromatic carbocycles. The number of aromatic amines is 1. The molecule has 0 spiro atoms. The average Bonchev–Trinajstić information content (AvgIpc) is 2.85. The largest absolute Gasteiger partial charge is 0.381 e. The van der Waals surface area contributed by atoms with Crippen LogP contribution >= 0.6 is 0 Å². The maximum atomic E-state index is 5.44. The monoisotopic (exact) mass is 246 g/mol. The van der Waals surface area contributed by atoms with Gasteiger partial charge in [0.15, 0.2) is 0 Å². The van der Waals surface area contributed by atoms with E-state index < -0.39 is 0 Å². The van der Waals surface area contributed by atoms with Gasteiger partial charge in [0.1, 0.15) is 0 Å². The summed E-state index contributed by atoms with van der Waals surface area (Å²) in [5.41, 5.74) is 2.53. The molecule has 0 atom stereocenters. The van der Waals surface area contributed by atoms with Gasteiger partial charge < -0.3 is 15.0 Å². The summed E-state index contributed by atoms with van der Waals surface area (Å²) in [5.74, 6) is 0. The number of hydrogen-bond acceptors (Lipinski definition) is 2. The minimum absolute atomic E-state index is 0.859. The molecule has 2 N–H and O–H groups in total. The Morgan fingerprint density at radius 1 is 1.22 bits per heavy atom. The molecule has 98 valence electrons. The number of fused-ring (bicyclic) bond motifs is 1. The molecule has 3 nitrogen and oxygen atoms in total. The van der Waals surface area contributed by atoms with E-state index in [1.54, 1.807) is 0 Å². The Morgan fingerprint density at radius 3 is 3.06 bits per heavy atom. The summed E-state index contributed by atoms with van der Waals surface area (Å²) in [6, 6.07) is 8.64. The van der Waals surface area contributed by atoms with Gasteiger partial charge in [0.2, 0.25) is 0 Å². The molecule has 0 amide bonds. The number of rotatable bonds is 8. The number of hydrogen-bond donors (Lipinski definition) is 2. The van der Waals surface area contributed by atoms with Crippen molar-refractivity contribution in [3.05, 3.63) is 36.0 Å². The van der Waals surface area contributed by atoms with E-state index in [-0.39, 0.29) is 0 Å². The summed E-state index contributed by atoms with van der Waals surface area (Å²) in [4.78, 5) is 3.21. The van der Waals surface area contributed by atoms with Crippen LogP contribution in [-0.2, 0) is 11.3 Å². The van der Waals surface area contributed by atoms with Gasteiger partial charge in [-0.15, -0.1) is 0 Å². The molecular weight excluding hydrogens is 224 g/mol. The quantitative estimate of drug-likeness (QED) is 0.702. The SMILES string of the molecule is CCCOCCCNCc1ccc2[nH]ccc2c1. The number of ether oxygens (including phenoxy) is 1. The fraction of sp³-hybridized carbons (Fsp3) is 0.467. The lowest BCUT2D eigenvalue weighted by atomic mass is 10.1. The van der Waals surface area contributed by atoms with Gasteiger partial charge in [0.25, 0.3) is 0 Å². The van der Waals surface area contributed by atoms with Crippen molar-refractivity contribution >= 4 is 10.9 Å². The van der Waals surface area contributed by atoms with Gasteiger partial charge in [-0.25, -0.2) is 0 Å². The predicted octanol–water partition coefficient (Wildman–Crippen LogP) is 3.07. The third-order valence-electron chi connectivity index (χ3n) is 2.94. The van der Waals surface area contributed by atoms with Gasteiger partial charge in [-0.3, -0.25) is 0 Å². The summed E-state index contributed by atoms with van der Waals surface area (Å²) >= 11 is 0. The van der Waals surface area contributed by atoms with Crippen molar-refractivity contribution in [1.29, 1.82) is 0 Å². The van der Waals surface area contributed by atoms with Gasteiger partial charge in [-0.05, 0) is 48.5 Å². The fourth-order valence-corrected chi connectivity index (χ4v) is 1.99. The van der Waals surface area contributed by atoms with E-state index in [0.717, 1.165) is 39.1 Å². The number of H-pyrrole nitrogens is 1. The van der Waals surface area contributed by atoms with Crippen LogP contribution in [0.2, 0.25) is 0 Å². The van der Waals surface area contributed by atoms with Crippen LogP contribution < -0.4 is 5.32 Å². The second kappa shape index (κ2) is 7.19. The average molecular weight is 246 g/mol. The maximum Gasteiger partial charge on any atom is 0.0478 e. The maximum absolute atomic E-state index is 5.44. The zero-order valence-electron chi connectivity index (χ0n) is 11.0. The smallest absolute Gasteiger partial charge is 0.0478 e. The summed E-state index contributed by atoms with van der Waals surface area (Å²) < 4.78 is 5.44. The number of aromatic nitrogens is 1. The first kappa shape index (κ1) is 13.1. The van der Waals surface area contributed by atoms with Crippen molar-refractivity contribution in [3.63, 3.8) is 0 Å². The molecule has 1 aromatic heterocycles. The molecule has 0 aliphatic carbocycles. The molecule has 0 fully saturated rings. The molecule has 2 rings (SSSR count). The highest BCUT2D eigenvalue weighted by atomic mass is 16.5. The summed E-state index contributed by atoms with van der Waals surface area (Å²) in [5, 5.41) is 4.72. The Labute approximate surface area is 109 Å². The molecule has 0 saturated carbocycles. The predicted molar refractivity (Wildman–Crippen MR) is 75.7 cm³/mol. The Bertz CT molecular complexity index is 464. The van der Waals surface area contributed by atoms with Gasteiger partial charge >= 0.3 is 0 Å². The number of benzene rings is 1. The van der Waals surface area contributed by atoms with E-state index in [2.05, 4.69) is 41.5 Å². The Morgan fingerprint density at radius 2 is 2.17 bits per heavy atom. The van der Waals surface area contributed by atoms with Crippen LogP contribution in [0, 0.1) is 0 Å². The van der Waals surface area contributed by atoms with Crippen molar-refractivity contribution in [2.45, 2.75) is 26.3 Å². The highest BCUT2D eigenvalue weighted by Crippen LogP contribution is 2.13. The molecule has 0 aliphatic heterocycles. The Balaban J connectivity index is 1.67. The third kappa shape index (κ3) is 3.86. The Kier molecular flexibility index (Phi) is 5.24. The minimum atomic E-state index is 0.859. The topological polar surface area (TPSA) is 37.0 Å². The second-order valence-corrected chi connectivity index (χ2v) is 4.54. The molecule has 0 bridgehead atoms. The third-order valence-corrected chi connectivity index (χ3v) is 2.94. The highest BCUT2D eigenvalue weighted by molar-refractivity contribution is 5.79. The molecule has 3 heteroatoms. The lowest BCUT2D eigenvalue weighted by molar-refractivity contribution is 0.132. The van der Waals surface area contributed by atoms with Crippen LogP contribution in [0.3, 0.4) is 0 Å². The van der Waals surface area contributed by atoms with E-state index in [1.165, 1.54) is 16.5 Å². The van der Waals surface area contributed by atoms with Gasteiger partial charge in [0.05, 0.1) is 0 Å². The summed E-state index contributed by atoms with van der Waals surface area (Å²) in [6.07, 6.45) is 4.16. The van der Waals surface area contributed by atoms with E-state index in [4.69, 9.17) is 4.74 Å². The van der Waals surface area contributed by atoms with E-state index >= 15 is 0 Å². The molecule has 18 heavy (non-hydrogen) atoms. The lowest BCUT2D eigenvalue weighted by Gasteiger charge is -2.06. The number of nitrogens with one attached hydrogen (secondary N) is 2.